The summed E-state index contributed by atoms with van der Waals surface area (Å²) in [7, 11) is 0. The van der Waals surface area contributed by atoms with E-state index in [1.807, 2.05) is 6.07 Å². The zero-order valence-corrected chi connectivity index (χ0v) is 9.38. The van der Waals surface area contributed by atoms with Crippen molar-refractivity contribution in [2.45, 2.75) is 19.9 Å². The fourth-order valence-corrected chi connectivity index (χ4v) is 1.57. The van der Waals surface area contributed by atoms with E-state index in [1.165, 1.54) is 0 Å². The van der Waals surface area contributed by atoms with Crippen LogP contribution in [0.5, 0.6) is 0 Å². The topological polar surface area (TPSA) is 64.9 Å². The van der Waals surface area contributed by atoms with Gasteiger partial charge in [0, 0.05) is 16.7 Å². The number of nitrogens with two attached hydrogens (primary N) is 2. The van der Waals surface area contributed by atoms with Crippen molar-refractivity contribution in [2.24, 2.45) is 11.7 Å². The van der Waals surface area contributed by atoms with E-state index in [1.54, 1.807) is 6.20 Å². The third-order valence-electron chi connectivity index (χ3n) is 1.98. The van der Waals surface area contributed by atoms with E-state index in [-0.39, 0.29) is 6.04 Å². The zero-order chi connectivity index (χ0) is 10.0. The fraction of sp³-hybridized carbons (Fsp3) is 0.444. The van der Waals surface area contributed by atoms with Gasteiger partial charge in [0.2, 0.25) is 0 Å². The van der Waals surface area contributed by atoms with Crippen LogP contribution in [-0.2, 0) is 0 Å². The zero-order valence-electron chi connectivity index (χ0n) is 7.79. The summed E-state index contributed by atoms with van der Waals surface area (Å²) < 4.78 is 0.919. The number of anilines is 1. The minimum atomic E-state index is -0.000301. The predicted molar refractivity (Wildman–Crippen MR) is 58.1 cm³/mol. The molecule has 0 saturated carbocycles. The molecule has 1 unspecified atom stereocenters. The van der Waals surface area contributed by atoms with Gasteiger partial charge in [-0.15, -0.1) is 0 Å². The Morgan fingerprint density at radius 2 is 2.08 bits per heavy atom. The highest BCUT2D eigenvalue weighted by Crippen LogP contribution is 2.26. The highest BCUT2D eigenvalue weighted by atomic mass is 79.9. The number of nitrogens with zero attached hydrogens (tertiary/aromatic N) is 1. The molecule has 4 N–H and O–H groups in total. The van der Waals surface area contributed by atoms with Crippen molar-refractivity contribution in [1.29, 1.82) is 0 Å². The van der Waals surface area contributed by atoms with E-state index in [4.69, 9.17) is 11.5 Å². The number of nitrogen functional groups attached to an aromatic ring is 1. The minimum Gasteiger partial charge on any atom is -0.384 e. The van der Waals surface area contributed by atoms with Gasteiger partial charge in [-0.1, -0.05) is 13.8 Å². The van der Waals surface area contributed by atoms with Gasteiger partial charge in [0.25, 0.3) is 0 Å². The molecule has 0 aromatic carbocycles. The summed E-state index contributed by atoms with van der Waals surface area (Å²) in [5, 5.41) is 0. The molecule has 0 aliphatic carbocycles. The van der Waals surface area contributed by atoms with Crippen molar-refractivity contribution in [3.8, 4) is 0 Å². The molecule has 0 fully saturated rings. The van der Waals surface area contributed by atoms with E-state index in [0.717, 1.165) is 10.0 Å². The highest BCUT2D eigenvalue weighted by molar-refractivity contribution is 9.10. The number of hydrogen-bond acceptors (Lipinski definition) is 3. The van der Waals surface area contributed by atoms with Gasteiger partial charge in [0.05, 0.1) is 0 Å². The molecular formula is C9H14BrN3. The summed E-state index contributed by atoms with van der Waals surface area (Å²) >= 11 is 3.40. The molecule has 0 bridgehead atoms. The second-order valence-corrected chi connectivity index (χ2v) is 4.25. The number of halogens is 1. The Labute approximate surface area is 86.7 Å². The van der Waals surface area contributed by atoms with E-state index < -0.39 is 0 Å². The average Bonchev–Trinajstić information content (AvgIpc) is 2.08. The second-order valence-electron chi connectivity index (χ2n) is 3.40. The van der Waals surface area contributed by atoms with Crippen LogP contribution < -0.4 is 11.5 Å². The SMILES string of the molecule is CC(C)C(N)c1cc(N)ncc1Br. The maximum atomic E-state index is 5.99. The lowest BCUT2D eigenvalue weighted by Gasteiger charge is -2.17. The lowest BCUT2D eigenvalue weighted by molar-refractivity contribution is 0.512. The molecule has 0 spiro atoms. The van der Waals surface area contributed by atoms with Crippen molar-refractivity contribution in [1.82, 2.24) is 4.98 Å². The molecule has 1 rings (SSSR count). The van der Waals surface area contributed by atoms with Crippen molar-refractivity contribution in [2.75, 3.05) is 5.73 Å². The first-order valence-electron chi connectivity index (χ1n) is 4.19. The van der Waals surface area contributed by atoms with Gasteiger partial charge in [-0.25, -0.2) is 4.98 Å². The summed E-state index contributed by atoms with van der Waals surface area (Å²) in [6, 6.07) is 1.81. The van der Waals surface area contributed by atoms with Crippen LogP contribution in [0.15, 0.2) is 16.7 Å². The standard InChI is InChI=1S/C9H14BrN3/c1-5(2)9(12)6-3-8(11)13-4-7(6)10/h3-5,9H,12H2,1-2H3,(H2,11,13). The maximum absolute atomic E-state index is 5.99. The molecule has 0 radical (unpaired) electrons. The first kappa shape index (κ1) is 10.5. The first-order valence-corrected chi connectivity index (χ1v) is 4.98. The molecule has 0 amide bonds. The lowest BCUT2D eigenvalue weighted by Crippen LogP contribution is -2.17. The lowest BCUT2D eigenvalue weighted by atomic mass is 9.98. The molecule has 1 atom stereocenters. The molecule has 3 nitrogen and oxygen atoms in total. The van der Waals surface area contributed by atoms with Gasteiger partial charge in [-0.2, -0.15) is 0 Å². The second kappa shape index (κ2) is 4.07. The van der Waals surface area contributed by atoms with E-state index in [0.29, 0.717) is 11.7 Å². The average molecular weight is 244 g/mol. The van der Waals surface area contributed by atoms with Crippen LogP contribution in [0.25, 0.3) is 0 Å². The van der Waals surface area contributed by atoms with Crippen LogP contribution in [0.2, 0.25) is 0 Å². The quantitative estimate of drug-likeness (QED) is 0.837. The number of pyridine rings is 1. The summed E-state index contributed by atoms with van der Waals surface area (Å²) in [4.78, 5) is 3.96. The summed E-state index contributed by atoms with van der Waals surface area (Å²) in [5.41, 5.74) is 12.6. The third kappa shape index (κ3) is 2.42. The van der Waals surface area contributed by atoms with Crippen molar-refractivity contribution < 1.29 is 0 Å². The van der Waals surface area contributed by atoms with Crippen LogP contribution >= 0.6 is 15.9 Å². The molecule has 1 heterocycles. The Kier molecular flexibility index (Phi) is 3.27. The van der Waals surface area contributed by atoms with Crippen molar-refractivity contribution in [3.05, 3.63) is 22.3 Å². The van der Waals surface area contributed by atoms with Crippen LogP contribution in [0, 0.1) is 5.92 Å². The molecule has 13 heavy (non-hydrogen) atoms. The molecule has 4 heteroatoms. The van der Waals surface area contributed by atoms with E-state index >= 15 is 0 Å². The van der Waals surface area contributed by atoms with Crippen LogP contribution in [0.3, 0.4) is 0 Å². The summed E-state index contributed by atoms with van der Waals surface area (Å²) in [6.45, 7) is 4.15. The largest absolute Gasteiger partial charge is 0.384 e. The van der Waals surface area contributed by atoms with Crippen molar-refractivity contribution in [3.63, 3.8) is 0 Å². The van der Waals surface area contributed by atoms with Gasteiger partial charge >= 0.3 is 0 Å². The molecule has 0 saturated heterocycles. The first-order chi connectivity index (χ1) is 6.02. The molecule has 72 valence electrons. The van der Waals surface area contributed by atoms with Gasteiger partial charge in [-0.3, -0.25) is 0 Å². The summed E-state index contributed by atoms with van der Waals surface area (Å²) in [6.07, 6.45) is 1.69. The van der Waals surface area contributed by atoms with Gasteiger partial charge in [0.15, 0.2) is 0 Å². The molecule has 1 aromatic heterocycles. The molecular weight excluding hydrogens is 230 g/mol. The van der Waals surface area contributed by atoms with Crippen molar-refractivity contribution >= 4 is 21.7 Å². The van der Waals surface area contributed by atoms with Crippen LogP contribution in [0.4, 0.5) is 5.82 Å². The highest BCUT2D eigenvalue weighted by Gasteiger charge is 2.13. The maximum Gasteiger partial charge on any atom is 0.123 e. The predicted octanol–water partition coefficient (Wildman–Crippen LogP) is 2.08. The number of hydrogen-bond donors (Lipinski definition) is 2. The van der Waals surface area contributed by atoms with Gasteiger partial charge < -0.3 is 11.5 Å². The normalized spacial score (nSPS) is 13.3. The fourth-order valence-electron chi connectivity index (χ4n) is 1.09. The van der Waals surface area contributed by atoms with E-state index in [9.17, 15) is 0 Å². The smallest absolute Gasteiger partial charge is 0.123 e. The minimum absolute atomic E-state index is 0.000301. The Morgan fingerprint density at radius 3 is 2.62 bits per heavy atom. The van der Waals surface area contributed by atoms with Crippen LogP contribution in [0.1, 0.15) is 25.5 Å². The van der Waals surface area contributed by atoms with Gasteiger partial charge in [0.1, 0.15) is 5.82 Å². The van der Waals surface area contributed by atoms with Gasteiger partial charge in [-0.05, 0) is 33.5 Å². The molecule has 0 aliphatic heterocycles. The summed E-state index contributed by atoms with van der Waals surface area (Å²) in [5.74, 6) is 0.896. The van der Waals surface area contributed by atoms with Crippen LogP contribution in [-0.4, -0.2) is 4.98 Å². The Bertz CT molecular complexity index is 299. The Morgan fingerprint density at radius 1 is 1.46 bits per heavy atom. The Hall–Kier alpha value is -0.610. The number of rotatable bonds is 2. The monoisotopic (exact) mass is 243 g/mol. The Balaban J connectivity index is 3.05. The third-order valence-corrected chi connectivity index (χ3v) is 2.65. The molecule has 0 aliphatic rings. The van der Waals surface area contributed by atoms with E-state index in [2.05, 4.69) is 34.8 Å². The molecule has 1 aromatic rings. The number of aromatic nitrogens is 1.